The number of halogens is 2. The third-order valence-electron chi connectivity index (χ3n) is 3.53. The van der Waals surface area contributed by atoms with Crippen LogP contribution in [0.25, 0.3) is 0 Å². The molecule has 0 saturated heterocycles. The second kappa shape index (κ2) is 8.34. The fourth-order valence-corrected chi connectivity index (χ4v) is 3.34. The fourth-order valence-electron chi connectivity index (χ4n) is 2.47. The molecule has 0 spiro atoms. The zero-order valence-electron chi connectivity index (χ0n) is 11.5. The lowest BCUT2D eigenvalue weighted by Gasteiger charge is -2.27. The Morgan fingerprint density at radius 2 is 1.94 bits per heavy atom. The van der Waals surface area contributed by atoms with Gasteiger partial charge in [0.2, 0.25) is 0 Å². The predicted molar refractivity (Wildman–Crippen MR) is 86.9 cm³/mol. The minimum Gasteiger partial charge on any atom is -0.313 e. The maximum atomic E-state index is 3.68. The van der Waals surface area contributed by atoms with Crippen LogP contribution in [0.4, 0.5) is 0 Å². The molecule has 1 N–H and O–H groups in total. The number of rotatable bonds is 7. The van der Waals surface area contributed by atoms with E-state index >= 15 is 0 Å². The van der Waals surface area contributed by atoms with Crippen molar-refractivity contribution in [3.63, 3.8) is 0 Å². The maximum absolute atomic E-state index is 3.68. The normalized spacial score (nSPS) is 14.5. The molecule has 2 unspecified atom stereocenters. The lowest BCUT2D eigenvalue weighted by Crippen LogP contribution is -2.25. The second-order valence-electron chi connectivity index (χ2n) is 4.74. The summed E-state index contributed by atoms with van der Waals surface area (Å²) in [5.74, 6) is 0.695. The molecule has 1 rings (SSSR count). The highest BCUT2D eigenvalue weighted by atomic mass is 79.9. The summed E-state index contributed by atoms with van der Waals surface area (Å²) in [5, 5.41) is 3.50. The zero-order chi connectivity index (χ0) is 13.5. The molecule has 0 fully saturated rings. The molecule has 0 aliphatic carbocycles. The topological polar surface area (TPSA) is 12.0 Å². The van der Waals surface area contributed by atoms with Crippen LogP contribution in [0, 0.1) is 5.92 Å². The summed E-state index contributed by atoms with van der Waals surface area (Å²) in [7, 11) is 2.06. The molecule has 1 aromatic carbocycles. The minimum atomic E-state index is 0.424. The molecule has 0 aliphatic rings. The summed E-state index contributed by atoms with van der Waals surface area (Å²) in [6.45, 7) is 4.55. The lowest BCUT2D eigenvalue weighted by molar-refractivity contribution is 0.338. The number of unbranched alkanes of at least 4 members (excludes halogenated alkanes) is 1. The molecule has 0 radical (unpaired) electrons. The molecule has 1 aromatic rings. The molecular weight excluding hydrogens is 354 g/mol. The van der Waals surface area contributed by atoms with Gasteiger partial charge >= 0.3 is 0 Å². The first-order chi connectivity index (χ1) is 8.63. The van der Waals surface area contributed by atoms with Crippen LogP contribution < -0.4 is 5.32 Å². The first-order valence-electron chi connectivity index (χ1n) is 6.76. The number of hydrogen-bond acceptors (Lipinski definition) is 1. The Hall–Kier alpha value is 0.140. The first-order valence-corrected chi connectivity index (χ1v) is 8.34. The SMILES string of the molecule is CCCCC(CC)C(NC)c1cc(Br)ccc1Br. The Balaban J connectivity index is 2.95. The van der Waals surface area contributed by atoms with E-state index in [1.807, 2.05) is 0 Å². The summed E-state index contributed by atoms with van der Waals surface area (Å²) >= 11 is 7.25. The van der Waals surface area contributed by atoms with E-state index in [4.69, 9.17) is 0 Å². The summed E-state index contributed by atoms with van der Waals surface area (Å²) < 4.78 is 2.34. The largest absolute Gasteiger partial charge is 0.313 e. The van der Waals surface area contributed by atoms with Crippen LogP contribution in [0.2, 0.25) is 0 Å². The van der Waals surface area contributed by atoms with Gasteiger partial charge in [-0.05, 0) is 43.1 Å². The molecule has 18 heavy (non-hydrogen) atoms. The Kier molecular flexibility index (Phi) is 7.50. The van der Waals surface area contributed by atoms with E-state index in [9.17, 15) is 0 Å². The quantitative estimate of drug-likeness (QED) is 0.644. The average Bonchev–Trinajstić information content (AvgIpc) is 2.38. The van der Waals surface area contributed by atoms with Gasteiger partial charge in [-0.15, -0.1) is 0 Å². The summed E-state index contributed by atoms with van der Waals surface area (Å²) in [6, 6.07) is 6.84. The molecule has 0 aromatic heterocycles. The van der Waals surface area contributed by atoms with Gasteiger partial charge in [0, 0.05) is 15.0 Å². The van der Waals surface area contributed by atoms with Gasteiger partial charge in [0.25, 0.3) is 0 Å². The third-order valence-corrected chi connectivity index (χ3v) is 4.74. The molecule has 0 saturated carbocycles. The van der Waals surface area contributed by atoms with Gasteiger partial charge in [0.15, 0.2) is 0 Å². The maximum Gasteiger partial charge on any atom is 0.0357 e. The summed E-state index contributed by atoms with van der Waals surface area (Å²) in [4.78, 5) is 0. The smallest absolute Gasteiger partial charge is 0.0357 e. The van der Waals surface area contributed by atoms with Gasteiger partial charge in [-0.2, -0.15) is 0 Å². The van der Waals surface area contributed by atoms with Crippen LogP contribution in [-0.2, 0) is 0 Å². The summed E-state index contributed by atoms with van der Waals surface area (Å²) in [6.07, 6.45) is 5.08. The van der Waals surface area contributed by atoms with Crippen molar-refractivity contribution >= 4 is 31.9 Å². The predicted octanol–water partition coefficient (Wildman–Crippen LogP) is 5.69. The second-order valence-corrected chi connectivity index (χ2v) is 6.51. The zero-order valence-corrected chi connectivity index (χ0v) is 14.6. The molecule has 102 valence electrons. The van der Waals surface area contributed by atoms with Crippen LogP contribution in [-0.4, -0.2) is 7.05 Å². The minimum absolute atomic E-state index is 0.424. The Labute approximate surface area is 128 Å². The molecule has 1 nitrogen and oxygen atoms in total. The van der Waals surface area contributed by atoms with Crippen molar-refractivity contribution in [3.05, 3.63) is 32.7 Å². The molecule has 2 atom stereocenters. The van der Waals surface area contributed by atoms with Crippen molar-refractivity contribution < 1.29 is 0 Å². The van der Waals surface area contributed by atoms with Gasteiger partial charge in [-0.1, -0.05) is 65.0 Å². The molecule has 0 aliphatic heterocycles. The first kappa shape index (κ1) is 16.2. The molecule has 0 heterocycles. The standard InChI is InChI=1S/C15H23Br2N/c1-4-6-7-11(5-2)15(18-3)13-10-12(16)8-9-14(13)17/h8-11,15,18H,4-7H2,1-3H3. The van der Waals surface area contributed by atoms with Crippen molar-refractivity contribution in [2.75, 3.05) is 7.05 Å². The fraction of sp³-hybridized carbons (Fsp3) is 0.600. The van der Waals surface area contributed by atoms with Crippen molar-refractivity contribution in [1.29, 1.82) is 0 Å². The van der Waals surface area contributed by atoms with Crippen LogP contribution >= 0.6 is 31.9 Å². The van der Waals surface area contributed by atoms with Gasteiger partial charge in [-0.3, -0.25) is 0 Å². The highest BCUT2D eigenvalue weighted by molar-refractivity contribution is 9.11. The van der Waals surface area contributed by atoms with Crippen molar-refractivity contribution in [3.8, 4) is 0 Å². The van der Waals surface area contributed by atoms with Crippen molar-refractivity contribution in [2.24, 2.45) is 5.92 Å². The lowest BCUT2D eigenvalue weighted by atomic mass is 9.87. The molecule has 3 heteroatoms. The Bertz CT molecular complexity index is 366. The van der Waals surface area contributed by atoms with E-state index in [1.165, 1.54) is 35.7 Å². The van der Waals surface area contributed by atoms with E-state index in [0.717, 1.165) is 4.47 Å². The van der Waals surface area contributed by atoms with E-state index in [0.29, 0.717) is 12.0 Å². The number of nitrogens with one attached hydrogen (secondary N) is 1. The van der Waals surface area contributed by atoms with Crippen molar-refractivity contribution in [2.45, 2.75) is 45.6 Å². The molecule has 0 amide bonds. The highest BCUT2D eigenvalue weighted by Crippen LogP contribution is 2.34. The van der Waals surface area contributed by atoms with Gasteiger partial charge in [-0.25, -0.2) is 0 Å². The van der Waals surface area contributed by atoms with Crippen LogP contribution in [0.5, 0.6) is 0 Å². The van der Waals surface area contributed by atoms with E-state index in [1.54, 1.807) is 0 Å². The summed E-state index contributed by atoms with van der Waals surface area (Å²) in [5.41, 5.74) is 1.36. The van der Waals surface area contributed by atoms with E-state index < -0.39 is 0 Å². The number of hydrogen-bond donors (Lipinski definition) is 1. The van der Waals surface area contributed by atoms with Gasteiger partial charge < -0.3 is 5.32 Å². The molecular formula is C15H23Br2N. The van der Waals surface area contributed by atoms with Crippen LogP contribution in [0.3, 0.4) is 0 Å². The monoisotopic (exact) mass is 375 g/mol. The highest BCUT2D eigenvalue weighted by Gasteiger charge is 2.21. The van der Waals surface area contributed by atoms with E-state index in [-0.39, 0.29) is 0 Å². The van der Waals surface area contributed by atoms with Gasteiger partial charge in [0.05, 0.1) is 0 Å². The van der Waals surface area contributed by atoms with Crippen LogP contribution in [0.15, 0.2) is 27.1 Å². The van der Waals surface area contributed by atoms with Crippen molar-refractivity contribution in [1.82, 2.24) is 5.32 Å². The average molecular weight is 377 g/mol. The van der Waals surface area contributed by atoms with E-state index in [2.05, 4.69) is 76.3 Å². The van der Waals surface area contributed by atoms with Crippen LogP contribution in [0.1, 0.15) is 51.1 Å². The number of benzene rings is 1. The van der Waals surface area contributed by atoms with Gasteiger partial charge in [0.1, 0.15) is 0 Å². The Morgan fingerprint density at radius 1 is 1.22 bits per heavy atom. The molecule has 0 bridgehead atoms. The Morgan fingerprint density at radius 3 is 2.50 bits per heavy atom. The third kappa shape index (κ3) is 4.36.